The lowest BCUT2D eigenvalue weighted by atomic mass is 10.1. The SMILES string of the molecule is CC(=O)NCC#Cc1cccc2nc([C@H](C)NC(=O)c3c(N)nc4cccnn34)n(-c3ccccc3)c(=O)c12. The zero-order valence-corrected chi connectivity index (χ0v) is 21.2. The van der Waals surface area contributed by atoms with E-state index in [9.17, 15) is 14.4 Å². The number of hydrogen-bond acceptors (Lipinski definition) is 7. The molecule has 0 aliphatic rings. The highest BCUT2D eigenvalue weighted by atomic mass is 16.2. The van der Waals surface area contributed by atoms with Crippen molar-refractivity contribution in [2.45, 2.75) is 19.9 Å². The zero-order chi connectivity index (χ0) is 27.5. The minimum absolute atomic E-state index is 0.0350. The summed E-state index contributed by atoms with van der Waals surface area (Å²) in [5, 5.41) is 10.0. The second-order valence-electron chi connectivity index (χ2n) is 8.69. The standard InChI is InChI=1S/C28H24N8O3/c1-17(32-27(38)24-25(29)34-22-14-8-16-31-36(22)24)26-33-21-13-6-9-19(10-7-15-30-18(2)37)23(21)28(39)35(26)20-11-4-3-5-12-20/h3-6,8-9,11-14,16-17H,15,29H2,1-2H3,(H,30,37)(H,32,38)/t17-/m0/s1. The maximum absolute atomic E-state index is 14.0. The Morgan fingerprint density at radius 1 is 1.05 bits per heavy atom. The number of para-hydroxylation sites is 1. The average molecular weight is 521 g/mol. The van der Waals surface area contributed by atoms with Crippen LogP contribution in [0.4, 0.5) is 5.82 Å². The van der Waals surface area contributed by atoms with Crippen molar-refractivity contribution in [1.29, 1.82) is 0 Å². The first-order valence-corrected chi connectivity index (χ1v) is 12.1. The Hall–Kier alpha value is -5.50. The van der Waals surface area contributed by atoms with Crippen molar-refractivity contribution in [3.8, 4) is 17.5 Å². The summed E-state index contributed by atoms with van der Waals surface area (Å²) in [4.78, 5) is 47.5. The van der Waals surface area contributed by atoms with Gasteiger partial charge >= 0.3 is 0 Å². The van der Waals surface area contributed by atoms with Gasteiger partial charge in [-0.25, -0.2) is 14.5 Å². The Bertz CT molecular complexity index is 1850. The summed E-state index contributed by atoms with van der Waals surface area (Å²) in [7, 11) is 0. The third-order valence-electron chi connectivity index (χ3n) is 5.96. The van der Waals surface area contributed by atoms with Gasteiger partial charge in [0.2, 0.25) is 5.91 Å². The fourth-order valence-corrected chi connectivity index (χ4v) is 4.22. The number of fused-ring (bicyclic) bond motifs is 2. The van der Waals surface area contributed by atoms with Crippen LogP contribution in [0.15, 0.2) is 71.7 Å². The second kappa shape index (κ2) is 10.5. The molecule has 11 heteroatoms. The summed E-state index contributed by atoms with van der Waals surface area (Å²) < 4.78 is 2.82. The molecule has 194 valence electrons. The molecule has 0 fully saturated rings. The Morgan fingerprint density at radius 2 is 1.85 bits per heavy atom. The molecule has 2 aromatic carbocycles. The molecule has 5 aromatic rings. The first kappa shape index (κ1) is 25.2. The van der Waals surface area contributed by atoms with Crippen LogP contribution >= 0.6 is 0 Å². The van der Waals surface area contributed by atoms with E-state index in [1.54, 1.807) is 49.4 Å². The summed E-state index contributed by atoms with van der Waals surface area (Å²) in [6.07, 6.45) is 1.53. The molecule has 0 aliphatic heterocycles. The van der Waals surface area contributed by atoms with Crippen molar-refractivity contribution >= 4 is 34.2 Å². The highest BCUT2D eigenvalue weighted by Gasteiger charge is 2.24. The Morgan fingerprint density at radius 3 is 2.62 bits per heavy atom. The number of anilines is 1. The fraction of sp³-hybridized carbons (Fsp3) is 0.143. The molecule has 1 atom stereocenters. The molecule has 4 N–H and O–H groups in total. The number of benzene rings is 2. The summed E-state index contributed by atoms with van der Waals surface area (Å²) >= 11 is 0. The number of rotatable bonds is 5. The predicted molar refractivity (Wildman–Crippen MR) is 146 cm³/mol. The van der Waals surface area contributed by atoms with Gasteiger partial charge in [0.05, 0.1) is 29.2 Å². The van der Waals surface area contributed by atoms with E-state index in [1.807, 2.05) is 18.2 Å². The summed E-state index contributed by atoms with van der Waals surface area (Å²) in [5.41, 5.74) is 7.68. The van der Waals surface area contributed by atoms with Gasteiger partial charge in [-0.05, 0) is 43.3 Å². The maximum atomic E-state index is 14.0. The van der Waals surface area contributed by atoms with Gasteiger partial charge in [0.25, 0.3) is 11.5 Å². The lowest BCUT2D eigenvalue weighted by Gasteiger charge is -2.20. The van der Waals surface area contributed by atoms with E-state index in [0.29, 0.717) is 33.6 Å². The van der Waals surface area contributed by atoms with Crippen molar-refractivity contribution in [2.24, 2.45) is 0 Å². The van der Waals surface area contributed by atoms with Crippen molar-refractivity contribution in [2.75, 3.05) is 12.3 Å². The molecule has 39 heavy (non-hydrogen) atoms. The Balaban J connectivity index is 1.61. The summed E-state index contributed by atoms with van der Waals surface area (Å²) in [5.74, 6) is 5.47. The van der Waals surface area contributed by atoms with Crippen LogP contribution in [-0.4, -0.2) is 42.5 Å². The largest absolute Gasteiger partial charge is 0.382 e. The van der Waals surface area contributed by atoms with Crippen LogP contribution < -0.4 is 21.9 Å². The molecule has 0 radical (unpaired) electrons. The van der Waals surface area contributed by atoms with Crippen LogP contribution in [0, 0.1) is 11.8 Å². The Labute approximate surface area is 222 Å². The number of carbonyl (C=O) groups excluding carboxylic acids is 2. The van der Waals surface area contributed by atoms with E-state index < -0.39 is 11.9 Å². The molecule has 0 unspecified atom stereocenters. The number of aromatic nitrogens is 5. The van der Waals surface area contributed by atoms with E-state index in [2.05, 4.69) is 32.6 Å². The summed E-state index contributed by atoms with van der Waals surface area (Å²) in [6, 6.07) is 16.9. The number of imidazole rings is 1. The van der Waals surface area contributed by atoms with Crippen LogP contribution in [0.2, 0.25) is 0 Å². The monoisotopic (exact) mass is 520 g/mol. The van der Waals surface area contributed by atoms with Crippen LogP contribution in [-0.2, 0) is 4.79 Å². The average Bonchev–Trinajstić information content (AvgIpc) is 3.27. The molecule has 0 saturated carbocycles. The number of nitrogens with one attached hydrogen (secondary N) is 2. The highest BCUT2D eigenvalue weighted by molar-refractivity contribution is 5.98. The van der Waals surface area contributed by atoms with Gasteiger partial charge in [-0.3, -0.25) is 19.0 Å². The smallest absolute Gasteiger partial charge is 0.274 e. The zero-order valence-electron chi connectivity index (χ0n) is 21.2. The van der Waals surface area contributed by atoms with E-state index in [1.165, 1.54) is 22.2 Å². The van der Waals surface area contributed by atoms with Crippen molar-refractivity contribution < 1.29 is 9.59 Å². The molecular formula is C28H24N8O3. The molecule has 5 rings (SSSR count). The molecule has 0 spiro atoms. The third-order valence-corrected chi connectivity index (χ3v) is 5.96. The van der Waals surface area contributed by atoms with Gasteiger partial charge in [0.15, 0.2) is 17.2 Å². The fourth-order valence-electron chi connectivity index (χ4n) is 4.22. The van der Waals surface area contributed by atoms with Crippen LogP contribution in [0.25, 0.3) is 22.2 Å². The number of nitrogen functional groups attached to an aromatic ring is 1. The number of amides is 2. The lowest BCUT2D eigenvalue weighted by molar-refractivity contribution is -0.118. The molecule has 0 bridgehead atoms. The molecule has 3 heterocycles. The normalized spacial score (nSPS) is 11.5. The highest BCUT2D eigenvalue weighted by Crippen LogP contribution is 2.21. The van der Waals surface area contributed by atoms with Crippen molar-refractivity contribution in [3.63, 3.8) is 0 Å². The number of carbonyl (C=O) groups is 2. The number of nitrogens with two attached hydrogens (primary N) is 1. The van der Waals surface area contributed by atoms with Crippen LogP contribution in [0.5, 0.6) is 0 Å². The van der Waals surface area contributed by atoms with Gasteiger partial charge in [0.1, 0.15) is 5.82 Å². The number of hydrogen-bond donors (Lipinski definition) is 3. The minimum atomic E-state index is -0.710. The van der Waals surface area contributed by atoms with Gasteiger partial charge < -0.3 is 16.4 Å². The van der Waals surface area contributed by atoms with Crippen molar-refractivity contribution in [3.05, 3.63) is 94.3 Å². The third kappa shape index (κ3) is 4.91. The molecule has 2 amide bonds. The topological polar surface area (TPSA) is 149 Å². The number of nitrogens with zero attached hydrogens (tertiary/aromatic N) is 5. The van der Waals surface area contributed by atoms with E-state index in [-0.39, 0.29) is 29.5 Å². The van der Waals surface area contributed by atoms with Gasteiger partial charge in [0, 0.05) is 18.7 Å². The van der Waals surface area contributed by atoms with E-state index >= 15 is 0 Å². The molecular weight excluding hydrogens is 496 g/mol. The molecule has 0 saturated heterocycles. The molecule has 0 aliphatic carbocycles. The minimum Gasteiger partial charge on any atom is -0.382 e. The second-order valence-corrected chi connectivity index (χ2v) is 8.69. The van der Waals surface area contributed by atoms with Crippen LogP contribution in [0.3, 0.4) is 0 Å². The molecule has 3 aromatic heterocycles. The van der Waals surface area contributed by atoms with Crippen molar-refractivity contribution in [1.82, 2.24) is 34.8 Å². The van der Waals surface area contributed by atoms with Gasteiger partial charge in [-0.2, -0.15) is 5.10 Å². The van der Waals surface area contributed by atoms with Gasteiger partial charge in [-0.1, -0.05) is 36.1 Å². The predicted octanol–water partition coefficient (Wildman–Crippen LogP) is 1.99. The lowest BCUT2D eigenvalue weighted by Crippen LogP contribution is -2.34. The quantitative estimate of drug-likeness (QED) is 0.300. The van der Waals surface area contributed by atoms with E-state index in [4.69, 9.17) is 10.7 Å². The van der Waals surface area contributed by atoms with E-state index in [0.717, 1.165) is 0 Å². The summed E-state index contributed by atoms with van der Waals surface area (Å²) in [6.45, 7) is 3.28. The Kier molecular flexibility index (Phi) is 6.75. The maximum Gasteiger partial charge on any atom is 0.274 e. The van der Waals surface area contributed by atoms with Gasteiger partial charge in [-0.15, -0.1) is 0 Å². The van der Waals surface area contributed by atoms with Crippen LogP contribution in [0.1, 0.15) is 41.8 Å². The molecule has 11 nitrogen and oxygen atoms in total. The first-order valence-electron chi connectivity index (χ1n) is 12.1. The first-order chi connectivity index (χ1) is 18.8.